The Morgan fingerprint density at radius 2 is 1.90 bits per heavy atom. The largest absolute Gasteiger partial charge is 0.354 e. The molecule has 0 saturated heterocycles. The quantitative estimate of drug-likeness (QED) is 0.847. The van der Waals surface area contributed by atoms with Gasteiger partial charge in [0.2, 0.25) is 5.91 Å². The molecule has 1 rings (SSSR count). The molecule has 0 aliphatic rings. The monoisotopic (exact) mass is 316 g/mol. The number of hydrogen-bond donors (Lipinski definition) is 2. The van der Waals surface area contributed by atoms with Crippen LogP contribution in [0.4, 0.5) is 4.39 Å². The van der Waals surface area contributed by atoms with Crippen LogP contribution in [0.25, 0.3) is 0 Å². The second-order valence-corrected chi connectivity index (χ2v) is 6.32. The number of carbonyl (C=O) groups excluding carboxylic acids is 1. The molecular formula is C16H26ClFN2O. The van der Waals surface area contributed by atoms with Gasteiger partial charge in [0.15, 0.2) is 0 Å². The van der Waals surface area contributed by atoms with Crippen LogP contribution in [0.3, 0.4) is 0 Å². The molecule has 0 radical (unpaired) electrons. The van der Waals surface area contributed by atoms with E-state index >= 15 is 0 Å². The number of hydrogen-bond acceptors (Lipinski definition) is 2. The summed E-state index contributed by atoms with van der Waals surface area (Å²) in [7, 11) is 0. The van der Waals surface area contributed by atoms with E-state index in [1.54, 1.807) is 18.2 Å². The summed E-state index contributed by atoms with van der Waals surface area (Å²) < 4.78 is 13.8. The van der Waals surface area contributed by atoms with E-state index in [1.165, 1.54) is 6.07 Å². The Bertz CT molecular complexity index is 463. The summed E-state index contributed by atoms with van der Waals surface area (Å²) in [4.78, 5) is 11.9. The maximum absolute atomic E-state index is 13.8. The first-order valence-electron chi connectivity index (χ1n) is 7.02. The zero-order valence-corrected chi connectivity index (χ0v) is 14.0. The van der Waals surface area contributed by atoms with Gasteiger partial charge in [-0.15, -0.1) is 12.4 Å². The van der Waals surface area contributed by atoms with Crippen molar-refractivity contribution in [3.05, 3.63) is 35.6 Å². The summed E-state index contributed by atoms with van der Waals surface area (Å²) in [6.07, 6.45) is 0.645. The van der Waals surface area contributed by atoms with E-state index in [0.29, 0.717) is 24.4 Å². The lowest BCUT2D eigenvalue weighted by Crippen LogP contribution is -2.45. The molecule has 0 saturated carbocycles. The van der Waals surface area contributed by atoms with E-state index in [4.69, 9.17) is 5.73 Å². The molecule has 5 heteroatoms. The summed E-state index contributed by atoms with van der Waals surface area (Å²) in [6, 6.07) is 6.13. The van der Waals surface area contributed by atoms with Crippen LogP contribution in [0, 0.1) is 11.7 Å². The Morgan fingerprint density at radius 1 is 1.33 bits per heavy atom. The van der Waals surface area contributed by atoms with E-state index in [-0.39, 0.29) is 24.1 Å². The molecule has 0 spiro atoms. The van der Waals surface area contributed by atoms with Gasteiger partial charge in [0.1, 0.15) is 5.82 Å². The van der Waals surface area contributed by atoms with Crippen molar-refractivity contribution in [3.63, 3.8) is 0 Å². The fourth-order valence-corrected chi connectivity index (χ4v) is 2.16. The molecule has 0 fully saturated rings. The van der Waals surface area contributed by atoms with E-state index in [0.717, 1.165) is 0 Å². The van der Waals surface area contributed by atoms with Crippen molar-refractivity contribution in [2.24, 2.45) is 11.7 Å². The highest BCUT2D eigenvalue weighted by atomic mass is 35.5. The smallest absolute Gasteiger partial charge is 0.236 e. The van der Waals surface area contributed by atoms with Crippen molar-refractivity contribution in [1.82, 2.24) is 5.32 Å². The van der Waals surface area contributed by atoms with Crippen LogP contribution in [-0.2, 0) is 10.2 Å². The van der Waals surface area contributed by atoms with E-state index in [1.807, 2.05) is 27.7 Å². The zero-order valence-electron chi connectivity index (χ0n) is 13.2. The van der Waals surface area contributed by atoms with Crippen LogP contribution in [0.5, 0.6) is 0 Å². The third kappa shape index (κ3) is 6.02. The highest BCUT2D eigenvalue weighted by molar-refractivity contribution is 5.85. The average molecular weight is 317 g/mol. The summed E-state index contributed by atoms with van der Waals surface area (Å²) >= 11 is 0. The topological polar surface area (TPSA) is 55.1 Å². The molecule has 0 aromatic heterocycles. The summed E-state index contributed by atoms with van der Waals surface area (Å²) in [5.41, 5.74) is 5.95. The summed E-state index contributed by atoms with van der Waals surface area (Å²) in [6.45, 7) is 8.21. The first kappa shape index (κ1) is 19.9. The standard InChI is InChI=1S/C16H25FN2O.ClH/c1-11(2)9-14(18)15(20)19-10-16(3,4)12-7-5-6-8-13(12)17;/h5-8,11,14H,9-10,18H2,1-4H3,(H,19,20);1H/t14-;/m0./s1. The van der Waals surface area contributed by atoms with E-state index < -0.39 is 11.5 Å². The maximum Gasteiger partial charge on any atom is 0.236 e. The van der Waals surface area contributed by atoms with Crippen LogP contribution < -0.4 is 11.1 Å². The molecule has 1 amide bonds. The number of amides is 1. The number of carbonyl (C=O) groups is 1. The van der Waals surface area contributed by atoms with E-state index in [9.17, 15) is 9.18 Å². The molecule has 1 aromatic carbocycles. The van der Waals surface area contributed by atoms with Crippen molar-refractivity contribution in [2.75, 3.05) is 6.54 Å². The van der Waals surface area contributed by atoms with Gasteiger partial charge in [0.05, 0.1) is 6.04 Å². The Labute approximate surface area is 132 Å². The Kier molecular flexibility index (Phi) is 7.90. The summed E-state index contributed by atoms with van der Waals surface area (Å²) in [5.74, 6) is -0.0586. The maximum atomic E-state index is 13.8. The lowest BCUT2D eigenvalue weighted by Gasteiger charge is -2.27. The molecule has 1 atom stereocenters. The normalized spacial score (nSPS) is 12.7. The molecule has 0 heterocycles. The average Bonchev–Trinajstić information content (AvgIpc) is 2.35. The van der Waals surface area contributed by atoms with Crippen molar-refractivity contribution in [1.29, 1.82) is 0 Å². The van der Waals surface area contributed by atoms with Gasteiger partial charge in [-0.2, -0.15) is 0 Å². The number of benzene rings is 1. The van der Waals surface area contributed by atoms with Crippen LogP contribution in [0.15, 0.2) is 24.3 Å². The molecule has 0 unspecified atom stereocenters. The first-order chi connectivity index (χ1) is 9.24. The van der Waals surface area contributed by atoms with Crippen molar-refractivity contribution in [2.45, 2.75) is 45.6 Å². The van der Waals surface area contributed by atoms with Crippen molar-refractivity contribution >= 4 is 18.3 Å². The first-order valence-corrected chi connectivity index (χ1v) is 7.02. The number of nitrogens with two attached hydrogens (primary N) is 1. The van der Waals surface area contributed by atoms with Gasteiger partial charge in [-0.1, -0.05) is 45.9 Å². The molecule has 21 heavy (non-hydrogen) atoms. The fraction of sp³-hybridized carbons (Fsp3) is 0.562. The SMILES string of the molecule is CC(C)C[C@H](N)C(=O)NCC(C)(C)c1ccccc1F.Cl. The second-order valence-electron chi connectivity index (χ2n) is 6.32. The number of rotatable bonds is 6. The highest BCUT2D eigenvalue weighted by Gasteiger charge is 2.25. The van der Waals surface area contributed by atoms with Gasteiger partial charge in [-0.05, 0) is 24.0 Å². The van der Waals surface area contributed by atoms with E-state index in [2.05, 4.69) is 5.32 Å². The van der Waals surface area contributed by atoms with Gasteiger partial charge in [-0.25, -0.2) is 4.39 Å². The Hall–Kier alpha value is -1.13. The highest BCUT2D eigenvalue weighted by Crippen LogP contribution is 2.24. The third-order valence-electron chi connectivity index (χ3n) is 3.37. The minimum atomic E-state index is -0.508. The Morgan fingerprint density at radius 3 is 2.43 bits per heavy atom. The van der Waals surface area contributed by atoms with Crippen molar-refractivity contribution in [3.8, 4) is 0 Å². The van der Waals surface area contributed by atoms with Gasteiger partial charge in [0, 0.05) is 12.0 Å². The molecule has 0 aliphatic carbocycles. The molecular weight excluding hydrogens is 291 g/mol. The van der Waals surface area contributed by atoms with Gasteiger partial charge < -0.3 is 11.1 Å². The molecule has 3 nitrogen and oxygen atoms in total. The molecule has 0 bridgehead atoms. The molecule has 0 aliphatic heterocycles. The second kappa shape index (κ2) is 8.35. The predicted molar refractivity (Wildman–Crippen MR) is 87.1 cm³/mol. The summed E-state index contributed by atoms with van der Waals surface area (Å²) in [5, 5.41) is 2.82. The molecule has 3 N–H and O–H groups in total. The zero-order chi connectivity index (χ0) is 15.3. The fourth-order valence-electron chi connectivity index (χ4n) is 2.16. The van der Waals surface area contributed by atoms with Crippen LogP contribution in [-0.4, -0.2) is 18.5 Å². The lowest BCUT2D eigenvalue weighted by atomic mass is 9.84. The minimum Gasteiger partial charge on any atom is -0.354 e. The van der Waals surface area contributed by atoms with Gasteiger partial charge in [-0.3, -0.25) is 4.79 Å². The third-order valence-corrected chi connectivity index (χ3v) is 3.37. The van der Waals surface area contributed by atoms with Gasteiger partial charge in [0.25, 0.3) is 0 Å². The minimum absolute atomic E-state index is 0. The Balaban J connectivity index is 0.00000400. The molecule has 120 valence electrons. The van der Waals surface area contributed by atoms with Crippen LogP contribution in [0.1, 0.15) is 39.7 Å². The van der Waals surface area contributed by atoms with Crippen molar-refractivity contribution < 1.29 is 9.18 Å². The van der Waals surface area contributed by atoms with Gasteiger partial charge >= 0.3 is 0 Å². The number of halogens is 2. The predicted octanol–water partition coefficient (Wildman–Crippen LogP) is 3.01. The number of nitrogens with one attached hydrogen (secondary N) is 1. The van der Waals surface area contributed by atoms with Crippen LogP contribution >= 0.6 is 12.4 Å². The molecule has 1 aromatic rings. The lowest BCUT2D eigenvalue weighted by molar-refractivity contribution is -0.122. The van der Waals surface area contributed by atoms with Crippen LogP contribution in [0.2, 0.25) is 0 Å².